The third kappa shape index (κ3) is 3.10. The van der Waals surface area contributed by atoms with Crippen LogP contribution in [0.2, 0.25) is 0 Å². The van der Waals surface area contributed by atoms with Gasteiger partial charge in [0.05, 0.1) is 6.54 Å². The van der Waals surface area contributed by atoms with E-state index in [1.165, 1.54) is 0 Å². The molecule has 2 fully saturated rings. The first-order chi connectivity index (χ1) is 12.6. The number of aromatic amines is 1. The van der Waals surface area contributed by atoms with Gasteiger partial charge >= 0.3 is 0 Å². The van der Waals surface area contributed by atoms with E-state index in [1.807, 2.05) is 29.2 Å². The maximum absolute atomic E-state index is 13.0. The zero-order valence-corrected chi connectivity index (χ0v) is 14.5. The third-order valence-corrected chi connectivity index (χ3v) is 5.23. The third-order valence-electron chi connectivity index (χ3n) is 5.23. The van der Waals surface area contributed by atoms with Gasteiger partial charge in [0.25, 0.3) is 11.5 Å². The molecule has 1 atom stereocenters. The number of benzene rings is 1. The molecule has 0 saturated carbocycles. The van der Waals surface area contributed by atoms with Crippen molar-refractivity contribution in [3.05, 3.63) is 46.2 Å². The molecule has 0 radical (unpaired) electrons. The number of fused-ring (bicyclic) bond motifs is 1. The maximum atomic E-state index is 13.0. The molecule has 7 heteroatoms. The number of nitrogens with one attached hydrogen (secondary N) is 2. The number of carbonyl (C=O) groups excluding carboxylic acids is 2. The van der Waals surface area contributed by atoms with Gasteiger partial charge in [0.2, 0.25) is 5.91 Å². The van der Waals surface area contributed by atoms with Crippen molar-refractivity contribution in [1.29, 1.82) is 0 Å². The molecular weight excluding hydrogens is 332 g/mol. The van der Waals surface area contributed by atoms with Gasteiger partial charge in [-0.2, -0.15) is 0 Å². The van der Waals surface area contributed by atoms with Crippen molar-refractivity contribution in [3.63, 3.8) is 0 Å². The van der Waals surface area contributed by atoms with Crippen LogP contribution in [0.4, 0.5) is 0 Å². The van der Waals surface area contributed by atoms with Crippen LogP contribution in [0.25, 0.3) is 10.9 Å². The van der Waals surface area contributed by atoms with Crippen molar-refractivity contribution in [2.45, 2.75) is 18.9 Å². The van der Waals surface area contributed by atoms with E-state index in [1.54, 1.807) is 11.0 Å². The second kappa shape index (κ2) is 6.92. The Morgan fingerprint density at radius 1 is 1.15 bits per heavy atom. The van der Waals surface area contributed by atoms with Crippen molar-refractivity contribution < 1.29 is 9.59 Å². The molecular formula is C19H22N4O3. The largest absolute Gasteiger partial charge is 0.336 e. The average molecular weight is 354 g/mol. The first-order valence-electron chi connectivity index (χ1n) is 9.05. The molecule has 0 aliphatic carbocycles. The number of amides is 2. The number of piperazine rings is 1. The summed E-state index contributed by atoms with van der Waals surface area (Å²) < 4.78 is 0. The molecule has 1 aromatic heterocycles. The number of aromatic nitrogens is 1. The molecule has 26 heavy (non-hydrogen) atoms. The molecule has 2 aromatic rings. The van der Waals surface area contributed by atoms with Crippen molar-refractivity contribution in [2.75, 3.05) is 32.7 Å². The van der Waals surface area contributed by atoms with Gasteiger partial charge < -0.3 is 20.1 Å². The lowest BCUT2D eigenvalue weighted by Gasteiger charge is -2.41. The molecule has 2 aliphatic rings. The van der Waals surface area contributed by atoms with Crippen LogP contribution in [0, 0.1) is 0 Å². The van der Waals surface area contributed by atoms with Crippen molar-refractivity contribution >= 4 is 22.7 Å². The smallest absolute Gasteiger partial charge is 0.261 e. The Balaban J connectivity index is 1.57. The topological polar surface area (TPSA) is 85.5 Å². The molecule has 2 aliphatic heterocycles. The summed E-state index contributed by atoms with van der Waals surface area (Å²) in [5.74, 6) is -0.177. The molecule has 4 rings (SSSR count). The highest BCUT2D eigenvalue weighted by atomic mass is 16.2. The minimum absolute atomic E-state index is 0.0295. The molecule has 2 amide bonds. The lowest BCUT2D eigenvalue weighted by atomic mass is 10.0. The fraction of sp³-hybridized carbons (Fsp3) is 0.421. The first-order valence-corrected chi connectivity index (χ1v) is 9.05. The van der Waals surface area contributed by atoms with Gasteiger partial charge in [0, 0.05) is 37.7 Å². The monoisotopic (exact) mass is 354 g/mol. The van der Waals surface area contributed by atoms with Crippen LogP contribution in [-0.4, -0.2) is 65.4 Å². The van der Waals surface area contributed by atoms with Gasteiger partial charge in [-0.3, -0.25) is 14.4 Å². The summed E-state index contributed by atoms with van der Waals surface area (Å²) in [4.78, 5) is 43.9. The fourth-order valence-electron chi connectivity index (χ4n) is 3.88. The number of pyridine rings is 1. The van der Waals surface area contributed by atoms with E-state index in [9.17, 15) is 14.4 Å². The number of hydrogen-bond acceptors (Lipinski definition) is 4. The Labute approximate surface area is 151 Å². The van der Waals surface area contributed by atoms with Gasteiger partial charge in [0.15, 0.2) is 0 Å². The van der Waals surface area contributed by atoms with Gasteiger partial charge in [-0.1, -0.05) is 18.2 Å². The number of likely N-dealkylation sites (tertiary alicyclic amines) is 1. The quantitative estimate of drug-likeness (QED) is 0.825. The Morgan fingerprint density at radius 2 is 2.00 bits per heavy atom. The number of H-pyrrole nitrogens is 1. The standard InChI is InChI=1S/C19H22N4O3/c24-17-11-20-7-9-23(17)14-5-3-8-22(12-14)19(26)15-10-13-4-1-2-6-16(13)21-18(15)25/h1-2,4,6,10,14,20H,3,5,7-9,11-12H2,(H,21,25). The molecule has 1 unspecified atom stereocenters. The predicted octanol–water partition coefficient (Wildman–Crippen LogP) is 0.565. The van der Waals surface area contributed by atoms with Crippen LogP contribution < -0.4 is 10.9 Å². The number of hydrogen-bond donors (Lipinski definition) is 2. The number of rotatable bonds is 2. The Hall–Kier alpha value is -2.67. The molecule has 2 saturated heterocycles. The first kappa shape index (κ1) is 16.8. The van der Waals surface area contributed by atoms with Gasteiger partial charge in [0.1, 0.15) is 5.56 Å². The van der Waals surface area contributed by atoms with Gasteiger partial charge in [-0.05, 0) is 30.4 Å². The summed E-state index contributed by atoms with van der Waals surface area (Å²) in [5, 5.41) is 3.91. The summed E-state index contributed by atoms with van der Waals surface area (Å²) in [6, 6.07) is 9.11. The van der Waals surface area contributed by atoms with Crippen LogP contribution >= 0.6 is 0 Å². The summed E-state index contributed by atoms with van der Waals surface area (Å²) in [6.07, 6.45) is 1.72. The van der Waals surface area contributed by atoms with Gasteiger partial charge in [-0.25, -0.2) is 0 Å². The van der Waals surface area contributed by atoms with Crippen molar-refractivity contribution in [1.82, 2.24) is 20.1 Å². The van der Waals surface area contributed by atoms with E-state index in [-0.39, 0.29) is 29.0 Å². The predicted molar refractivity (Wildman–Crippen MR) is 98.1 cm³/mol. The highest BCUT2D eigenvalue weighted by molar-refractivity contribution is 5.97. The van der Waals surface area contributed by atoms with Crippen LogP contribution in [-0.2, 0) is 4.79 Å². The summed E-state index contributed by atoms with van der Waals surface area (Å²) in [7, 11) is 0. The van der Waals surface area contributed by atoms with E-state index in [0.717, 1.165) is 30.3 Å². The molecule has 2 N–H and O–H groups in total. The molecule has 7 nitrogen and oxygen atoms in total. The van der Waals surface area contributed by atoms with Crippen LogP contribution in [0.1, 0.15) is 23.2 Å². The van der Waals surface area contributed by atoms with E-state index in [0.29, 0.717) is 26.2 Å². The maximum Gasteiger partial charge on any atom is 0.261 e. The SMILES string of the molecule is O=C(c1cc2ccccc2[nH]c1=O)N1CCCC(N2CCNCC2=O)C1. The normalized spacial score (nSPS) is 21.2. The highest BCUT2D eigenvalue weighted by Gasteiger charge is 2.32. The minimum atomic E-state index is -0.367. The summed E-state index contributed by atoms with van der Waals surface area (Å²) in [5.41, 5.74) is 0.516. The second-order valence-corrected chi connectivity index (χ2v) is 6.91. The fourth-order valence-corrected chi connectivity index (χ4v) is 3.88. The molecule has 3 heterocycles. The zero-order valence-electron chi connectivity index (χ0n) is 14.5. The lowest BCUT2D eigenvalue weighted by Crippen LogP contribution is -2.57. The Bertz CT molecular complexity index is 907. The Morgan fingerprint density at radius 3 is 2.85 bits per heavy atom. The Kier molecular flexibility index (Phi) is 4.46. The van der Waals surface area contributed by atoms with Crippen LogP contribution in [0.3, 0.4) is 0 Å². The molecule has 0 bridgehead atoms. The number of piperidine rings is 1. The van der Waals surface area contributed by atoms with Crippen molar-refractivity contribution in [3.8, 4) is 0 Å². The molecule has 0 spiro atoms. The number of carbonyl (C=O) groups is 2. The van der Waals surface area contributed by atoms with Crippen molar-refractivity contribution in [2.24, 2.45) is 0 Å². The van der Waals surface area contributed by atoms with Gasteiger partial charge in [-0.15, -0.1) is 0 Å². The van der Waals surface area contributed by atoms with E-state index in [2.05, 4.69) is 10.3 Å². The van der Waals surface area contributed by atoms with Crippen LogP contribution in [0.5, 0.6) is 0 Å². The van der Waals surface area contributed by atoms with Crippen LogP contribution in [0.15, 0.2) is 35.1 Å². The average Bonchev–Trinajstić information content (AvgIpc) is 2.67. The highest BCUT2D eigenvalue weighted by Crippen LogP contribution is 2.19. The van der Waals surface area contributed by atoms with E-state index >= 15 is 0 Å². The molecule has 136 valence electrons. The minimum Gasteiger partial charge on any atom is -0.336 e. The molecule has 1 aromatic carbocycles. The zero-order chi connectivity index (χ0) is 18.1. The lowest BCUT2D eigenvalue weighted by molar-refractivity contribution is -0.135. The number of nitrogens with zero attached hydrogens (tertiary/aromatic N) is 2. The summed E-state index contributed by atoms with van der Waals surface area (Å²) in [6.45, 7) is 2.90. The summed E-state index contributed by atoms with van der Waals surface area (Å²) >= 11 is 0. The second-order valence-electron chi connectivity index (χ2n) is 6.91. The van der Waals surface area contributed by atoms with E-state index in [4.69, 9.17) is 0 Å². The number of para-hydroxylation sites is 1. The van der Waals surface area contributed by atoms with E-state index < -0.39 is 0 Å².